The maximum Gasteiger partial charge on any atom is 0.265 e. The zero-order valence-corrected chi connectivity index (χ0v) is 18.7. The van der Waals surface area contributed by atoms with E-state index >= 15 is 0 Å². The molecule has 1 aliphatic rings. The zero-order chi connectivity index (χ0) is 24.8. The standard InChI is InChI=1S/C26H24N4O5/c27-23(31)15-29-24(32)17-10-8-16(9-11-17)14-28-25(33)19-5-3-6-20(12-19)30-26(34)22-13-18-4-1-2-7-21(18)35-22/h1-12,22H,13-15H2,(H2,27,31)(H,28,33)(H,29,32)(H,30,34). The number of carbonyl (C=O) groups is 4. The maximum absolute atomic E-state index is 12.6. The van der Waals surface area contributed by atoms with Gasteiger partial charge in [-0.25, -0.2) is 0 Å². The van der Waals surface area contributed by atoms with Crippen LogP contribution in [0.5, 0.6) is 5.75 Å². The van der Waals surface area contributed by atoms with E-state index in [1.807, 2.05) is 24.3 Å². The SMILES string of the molecule is NC(=O)CNC(=O)c1ccc(CNC(=O)c2cccc(NC(=O)C3Cc4ccccc4O3)c2)cc1. The van der Waals surface area contributed by atoms with Crippen molar-refractivity contribution in [2.75, 3.05) is 11.9 Å². The average molecular weight is 473 g/mol. The van der Waals surface area contributed by atoms with Crippen LogP contribution in [-0.2, 0) is 22.6 Å². The predicted molar refractivity (Wildman–Crippen MR) is 129 cm³/mol. The highest BCUT2D eigenvalue weighted by Crippen LogP contribution is 2.28. The Labute approximate surface area is 201 Å². The first-order valence-corrected chi connectivity index (χ1v) is 11.0. The van der Waals surface area contributed by atoms with Crippen molar-refractivity contribution in [2.24, 2.45) is 5.73 Å². The Morgan fingerprint density at radius 3 is 2.34 bits per heavy atom. The Hall–Kier alpha value is -4.66. The van der Waals surface area contributed by atoms with Crippen LogP contribution in [-0.4, -0.2) is 36.3 Å². The number of nitrogens with one attached hydrogen (secondary N) is 3. The van der Waals surface area contributed by atoms with Gasteiger partial charge in [0.15, 0.2) is 6.10 Å². The van der Waals surface area contributed by atoms with Gasteiger partial charge in [-0.15, -0.1) is 0 Å². The molecule has 3 aromatic rings. The second-order valence-corrected chi connectivity index (χ2v) is 8.02. The van der Waals surface area contributed by atoms with Crippen LogP contribution in [0.4, 0.5) is 5.69 Å². The van der Waals surface area contributed by atoms with E-state index in [4.69, 9.17) is 10.5 Å². The van der Waals surface area contributed by atoms with Gasteiger partial charge in [0, 0.05) is 29.8 Å². The molecule has 9 heteroatoms. The molecule has 1 heterocycles. The molecule has 0 bridgehead atoms. The van der Waals surface area contributed by atoms with Crippen molar-refractivity contribution >= 4 is 29.3 Å². The van der Waals surface area contributed by atoms with Crippen LogP contribution in [0.1, 0.15) is 31.8 Å². The lowest BCUT2D eigenvalue weighted by Gasteiger charge is -2.12. The van der Waals surface area contributed by atoms with E-state index in [0.29, 0.717) is 29.0 Å². The molecular formula is C26H24N4O5. The fourth-order valence-electron chi connectivity index (χ4n) is 3.62. The number of benzene rings is 3. The number of fused-ring (bicyclic) bond motifs is 1. The lowest BCUT2D eigenvalue weighted by atomic mass is 10.1. The molecule has 1 unspecified atom stereocenters. The minimum atomic E-state index is -0.626. The van der Waals surface area contributed by atoms with Crippen molar-refractivity contribution in [1.82, 2.24) is 10.6 Å². The van der Waals surface area contributed by atoms with Crippen molar-refractivity contribution in [3.8, 4) is 5.75 Å². The Morgan fingerprint density at radius 1 is 0.857 bits per heavy atom. The first kappa shape index (κ1) is 23.5. The zero-order valence-electron chi connectivity index (χ0n) is 18.7. The summed E-state index contributed by atoms with van der Waals surface area (Å²) < 4.78 is 5.72. The molecule has 178 valence electrons. The molecule has 1 atom stereocenters. The summed E-state index contributed by atoms with van der Waals surface area (Å²) >= 11 is 0. The molecule has 0 aliphatic carbocycles. The fourth-order valence-corrected chi connectivity index (χ4v) is 3.62. The van der Waals surface area contributed by atoms with Crippen LogP contribution in [0.15, 0.2) is 72.8 Å². The Morgan fingerprint density at radius 2 is 1.60 bits per heavy atom. The van der Waals surface area contributed by atoms with Gasteiger partial charge in [0.25, 0.3) is 17.7 Å². The number of hydrogen-bond donors (Lipinski definition) is 4. The lowest BCUT2D eigenvalue weighted by molar-refractivity contribution is -0.122. The molecule has 0 spiro atoms. The third-order valence-corrected chi connectivity index (χ3v) is 5.42. The topological polar surface area (TPSA) is 140 Å². The number of nitrogens with two attached hydrogens (primary N) is 1. The Bertz CT molecular complexity index is 1250. The van der Waals surface area contributed by atoms with Gasteiger partial charge < -0.3 is 26.4 Å². The van der Waals surface area contributed by atoms with Gasteiger partial charge >= 0.3 is 0 Å². The van der Waals surface area contributed by atoms with Crippen molar-refractivity contribution in [2.45, 2.75) is 19.1 Å². The molecule has 4 amide bonds. The molecule has 0 fully saturated rings. The summed E-state index contributed by atoms with van der Waals surface area (Å²) in [7, 11) is 0. The van der Waals surface area contributed by atoms with Crippen molar-refractivity contribution in [1.29, 1.82) is 0 Å². The summed E-state index contributed by atoms with van der Waals surface area (Å²) in [6, 6.07) is 20.8. The maximum atomic E-state index is 12.6. The predicted octanol–water partition coefficient (Wildman–Crippen LogP) is 1.77. The number of carbonyl (C=O) groups excluding carboxylic acids is 4. The molecule has 4 rings (SSSR count). The quantitative estimate of drug-likeness (QED) is 0.396. The molecule has 0 aromatic heterocycles. The van der Waals surface area contributed by atoms with Gasteiger partial charge in [0.05, 0.1) is 6.54 Å². The Balaban J connectivity index is 1.30. The Kier molecular flexibility index (Phi) is 7.06. The number of anilines is 1. The number of rotatable bonds is 8. The summed E-state index contributed by atoms with van der Waals surface area (Å²) in [5.41, 5.74) is 8.05. The van der Waals surface area contributed by atoms with E-state index in [0.717, 1.165) is 11.1 Å². The van der Waals surface area contributed by atoms with E-state index < -0.39 is 17.9 Å². The second kappa shape index (κ2) is 10.5. The van der Waals surface area contributed by atoms with Crippen LogP contribution in [0, 0.1) is 0 Å². The van der Waals surface area contributed by atoms with Crippen molar-refractivity contribution in [3.05, 3.63) is 95.1 Å². The van der Waals surface area contributed by atoms with E-state index in [1.54, 1.807) is 48.5 Å². The van der Waals surface area contributed by atoms with E-state index in [1.165, 1.54) is 0 Å². The third kappa shape index (κ3) is 6.02. The second-order valence-electron chi connectivity index (χ2n) is 8.02. The highest BCUT2D eigenvalue weighted by atomic mass is 16.5. The van der Waals surface area contributed by atoms with Gasteiger partial charge in [-0.1, -0.05) is 36.4 Å². The van der Waals surface area contributed by atoms with Crippen LogP contribution in [0.3, 0.4) is 0 Å². The number of primary amides is 1. The summed E-state index contributed by atoms with van der Waals surface area (Å²) in [5.74, 6) is -0.920. The summed E-state index contributed by atoms with van der Waals surface area (Å²) in [6.45, 7) is 0.00424. The number of ether oxygens (including phenoxy) is 1. The van der Waals surface area contributed by atoms with E-state index in [-0.39, 0.29) is 24.9 Å². The van der Waals surface area contributed by atoms with Crippen LogP contribution in [0.2, 0.25) is 0 Å². The van der Waals surface area contributed by atoms with Crippen LogP contribution >= 0.6 is 0 Å². The molecular weight excluding hydrogens is 448 g/mol. The molecule has 0 saturated carbocycles. The van der Waals surface area contributed by atoms with Gasteiger partial charge in [-0.05, 0) is 47.5 Å². The third-order valence-electron chi connectivity index (χ3n) is 5.42. The van der Waals surface area contributed by atoms with Gasteiger partial charge in [-0.2, -0.15) is 0 Å². The minimum Gasteiger partial charge on any atom is -0.480 e. The highest BCUT2D eigenvalue weighted by molar-refractivity contribution is 5.99. The molecule has 3 aromatic carbocycles. The average Bonchev–Trinajstić information content (AvgIpc) is 3.31. The molecule has 0 radical (unpaired) electrons. The van der Waals surface area contributed by atoms with Crippen LogP contribution in [0.25, 0.3) is 0 Å². The summed E-state index contributed by atoms with van der Waals surface area (Å²) in [4.78, 5) is 48.0. The van der Waals surface area contributed by atoms with Crippen molar-refractivity contribution in [3.63, 3.8) is 0 Å². The molecule has 1 aliphatic heterocycles. The van der Waals surface area contributed by atoms with Gasteiger partial charge in [0.2, 0.25) is 5.91 Å². The number of hydrogen-bond acceptors (Lipinski definition) is 5. The fraction of sp³-hybridized carbons (Fsp3) is 0.154. The summed E-state index contributed by atoms with van der Waals surface area (Å²) in [5, 5.41) is 8.03. The number of para-hydroxylation sites is 1. The van der Waals surface area contributed by atoms with Crippen LogP contribution < -0.4 is 26.4 Å². The number of amides is 4. The molecule has 9 nitrogen and oxygen atoms in total. The first-order valence-electron chi connectivity index (χ1n) is 11.0. The van der Waals surface area contributed by atoms with Gasteiger partial charge in [-0.3, -0.25) is 19.2 Å². The van der Waals surface area contributed by atoms with E-state index in [2.05, 4.69) is 16.0 Å². The monoisotopic (exact) mass is 472 g/mol. The molecule has 35 heavy (non-hydrogen) atoms. The first-order chi connectivity index (χ1) is 16.9. The largest absolute Gasteiger partial charge is 0.480 e. The smallest absolute Gasteiger partial charge is 0.265 e. The molecule has 0 saturated heterocycles. The minimum absolute atomic E-state index is 0.239. The normalized spacial score (nSPS) is 13.8. The van der Waals surface area contributed by atoms with Gasteiger partial charge in [0.1, 0.15) is 5.75 Å². The van der Waals surface area contributed by atoms with Crippen molar-refractivity contribution < 1.29 is 23.9 Å². The highest BCUT2D eigenvalue weighted by Gasteiger charge is 2.28. The lowest BCUT2D eigenvalue weighted by Crippen LogP contribution is -2.33. The van der Waals surface area contributed by atoms with E-state index in [9.17, 15) is 19.2 Å². The molecule has 5 N–H and O–H groups in total. The summed E-state index contributed by atoms with van der Waals surface area (Å²) in [6.07, 6.45) is -0.126.